The molecule has 80 valence electrons. The van der Waals surface area contributed by atoms with Crippen LogP contribution in [0, 0.1) is 25.7 Å². The van der Waals surface area contributed by atoms with Gasteiger partial charge in [-0.25, -0.2) is 0 Å². The van der Waals surface area contributed by atoms with Crippen molar-refractivity contribution in [2.75, 3.05) is 0 Å². The van der Waals surface area contributed by atoms with Gasteiger partial charge in [-0.3, -0.25) is 4.98 Å². The molecule has 2 heteroatoms. The van der Waals surface area contributed by atoms with Crippen molar-refractivity contribution in [1.29, 1.82) is 0 Å². The number of hydrogen-bond donors (Lipinski definition) is 1. The minimum atomic E-state index is 0.0752. The van der Waals surface area contributed by atoms with Gasteiger partial charge in [0.05, 0.1) is 0 Å². The molecule has 2 N–H and O–H groups in total. The highest BCUT2D eigenvalue weighted by Crippen LogP contribution is 2.16. The minimum absolute atomic E-state index is 0.0752. The number of aromatic nitrogens is 1. The van der Waals surface area contributed by atoms with E-state index in [-0.39, 0.29) is 6.04 Å². The molecule has 0 radical (unpaired) electrons. The topological polar surface area (TPSA) is 38.9 Å². The summed E-state index contributed by atoms with van der Waals surface area (Å²) in [4.78, 5) is 4.33. The van der Waals surface area contributed by atoms with E-state index in [0.29, 0.717) is 0 Å². The van der Waals surface area contributed by atoms with E-state index in [4.69, 9.17) is 5.73 Å². The van der Waals surface area contributed by atoms with Gasteiger partial charge in [0.1, 0.15) is 0 Å². The Morgan fingerprint density at radius 3 is 2.47 bits per heavy atom. The molecule has 0 aliphatic heterocycles. The molecule has 0 fully saturated rings. The predicted molar refractivity (Wildman–Crippen MR) is 63.3 cm³/mol. The van der Waals surface area contributed by atoms with E-state index in [0.717, 1.165) is 29.8 Å². The summed E-state index contributed by atoms with van der Waals surface area (Å²) in [5.41, 5.74) is 9.30. The third kappa shape index (κ3) is 3.73. The van der Waals surface area contributed by atoms with Gasteiger partial charge in [0.25, 0.3) is 0 Å². The van der Waals surface area contributed by atoms with Gasteiger partial charge in [0.15, 0.2) is 0 Å². The summed E-state index contributed by atoms with van der Waals surface area (Å²) >= 11 is 0. The molecule has 0 bridgehead atoms. The average Bonchev–Trinajstić information content (AvgIpc) is 2.16. The fraction of sp³-hybridized carbons (Fsp3) is 0.462. The predicted octanol–water partition coefficient (Wildman–Crippen LogP) is 2.50. The van der Waals surface area contributed by atoms with Crippen LogP contribution in [0.3, 0.4) is 0 Å². The molecule has 1 aromatic rings. The van der Waals surface area contributed by atoms with Crippen molar-refractivity contribution < 1.29 is 0 Å². The Bertz CT molecular complexity index is 365. The number of pyridine rings is 1. The van der Waals surface area contributed by atoms with Crippen molar-refractivity contribution in [2.45, 2.75) is 39.7 Å². The fourth-order valence-corrected chi connectivity index (χ4v) is 1.60. The lowest BCUT2D eigenvalue weighted by Crippen LogP contribution is -2.10. The molecule has 0 aromatic carbocycles. The summed E-state index contributed by atoms with van der Waals surface area (Å²) in [5, 5.41) is 0. The van der Waals surface area contributed by atoms with Gasteiger partial charge in [-0.15, -0.1) is 11.8 Å². The van der Waals surface area contributed by atoms with Gasteiger partial charge in [0, 0.05) is 23.9 Å². The second-order valence-electron chi connectivity index (χ2n) is 3.76. The van der Waals surface area contributed by atoms with Crippen molar-refractivity contribution in [3.05, 3.63) is 29.1 Å². The molecule has 0 aliphatic rings. The first-order chi connectivity index (χ1) is 7.13. The van der Waals surface area contributed by atoms with Crippen LogP contribution in [0.4, 0.5) is 0 Å². The van der Waals surface area contributed by atoms with Crippen LogP contribution in [0.5, 0.6) is 0 Å². The van der Waals surface area contributed by atoms with Gasteiger partial charge in [-0.2, -0.15) is 0 Å². The Balaban J connectivity index is 2.71. The minimum Gasteiger partial charge on any atom is -0.324 e. The van der Waals surface area contributed by atoms with E-state index in [1.165, 1.54) is 0 Å². The fourth-order valence-electron chi connectivity index (χ4n) is 1.60. The maximum Gasteiger partial charge on any atom is 0.0379 e. The molecule has 0 saturated carbocycles. The van der Waals surface area contributed by atoms with Gasteiger partial charge < -0.3 is 5.73 Å². The zero-order valence-electron chi connectivity index (χ0n) is 9.67. The summed E-state index contributed by atoms with van der Waals surface area (Å²) in [6.45, 7) is 5.84. The standard InChI is InChI=1S/C13H18N2/c1-4-5-6-7-13(14)12-8-10(2)15-11(3)9-12/h8-9,13H,6-7,14H2,1-3H3. The van der Waals surface area contributed by atoms with Crippen LogP contribution < -0.4 is 5.73 Å². The second-order valence-corrected chi connectivity index (χ2v) is 3.76. The van der Waals surface area contributed by atoms with Gasteiger partial charge in [0.2, 0.25) is 0 Å². The van der Waals surface area contributed by atoms with E-state index < -0.39 is 0 Å². The average molecular weight is 202 g/mol. The highest BCUT2D eigenvalue weighted by molar-refractivity contribution is 5.23. The largest absolute Gasteiger partial charge is 0.324 e. The first kappa shape index (κ1) is 11.7. The number of nitrogens with zero attached hydrogens (tertiary/aromatic N) is 1. The Morgan fingerprint density at radius 1 is 1.33 bits per heavy atom. The van der Waals surface area contributed by atoms with E-state index in [1.54, 1.807) is 0 Å². The monoisotopic (exact) mass is 202 g/mol. The van der Waals surface area contributed by atoms with Crippen LogP contribution in [0.25, 0.3) is 0 Å². The van der Waals surface area contributed by atoms with Gasteiger partial charge in [-0.05, 0) is 44.9 Å². The number of rotatable bonds is 3. The highest BCUT2D eigenvalue weighted by Gasteiger charge is 2.06. The highest BCUT2D eigenvalue weighted by atomic mass is 14.7. The van der Waals surface area contributed by atoms with Gasteiger partial charge >= 0.3 is 0 Å². The molecule has 0 spiro atoms. The Hall–Kier alpha value is -1.33. The van der Waals surface area contributed by atoms with E-state index >= 15 is 0 Å². The summed E-state index contributed by atoms with van der Waals surface area (Å²) in [6, 6.07) is 4.18. The summed E-state index contributed by atoms with van der Waals surface area (Å²) in [7, 11) is 0. The summed E-state index contributed by atoms with van der Waals surface area (Å²) < 4.78 is 0. The molecule has 0 amide bonds. The Labute approximate surface area is 91.9 Å². The molecule has 15 heavy (non-hydrogen) atoms. The molecular formula is C13H18N2. The quantitative estimate of drug-likeness (QED) is 0.765. The zero-order chi connectivity index (χ0) is 11.3. The van der Waals surface area contributed by atoms with E-state index in [2.05, 4.69) is 29.0 Å². The molecule has 1 aromatic heterocycles. The molecular weight excluding hydrogens is 184 g/mol. The molecule has 1 rings (SSSR count). The van der Waals surface area contributed by atoms with Crippen LogP contribution in [0.2, 0.25) is 0 Å². The lowest BCUT2D eigenvalue weighted by atomic mass is 10.0. The maximum atomic E-state index is 6.08. The normalized spacial score (nSPS) is 11.7. The van der Waals surface area contributed by atoms with Gasteiger partial charge in [-0.1, -0.05) is 0 Å². The maximum absolute atomic E-state index is 6.08. The zero-order valence-corrected chi connectivity index (χ0v) is 9.67. The Kier molecular flexibility index (Phi) is 4.33. The lowest BCUT2D eigenvalue weighted by Gasteiger charge is -2.11. The van der Waals surface area contributed by atoms with Crippen molar-refractivity contribution >= 4 is 0 Å². The number of hydrogen-bond acceptors (Lipinski definition) is 2. The van der Waals surface area contributed by atoms with Crippen LogP contribution >= 0.6 is 0 Å². The molecule has 1 atom stereocenters. The molecule has 2 nitrogen and oxygen atoms in total. The smallest absolute Gasteiger partial charge is 0.0379 e. The van der Waals surface area contributed by atoms with Crippen molar-refractivity contribution in [3.8, 4) is 11.8 Å². The molecule has 1 heterocycles. The SMILES string of the molecule is CC#CCCC(N)c1cc(C)nc(C)c1. The Morgan fingerprint density at radius 2 is 1.93 bits per heavy atom. The molecule has 1 unspecified atom stereocenters. The first-order valence-electron chi connectivity index (χ1n) is 5.24. The number of aryl methyl sites for hydroxylation is 2. The second kappa shape index (κ2) is 5.53. The lowest BCUT2D eigenvalue weighted by molar-refractivity contribution is 0.665. The third-order valence-electron chi connectivity index (χ3n) is 2.29. The van der Waals surface area contributed by atoms with Crippen molar-refractivity contribution in [2.24, 2.45) is 5.73 Å². The first-order valence-corrected chi connectivity index (χ1v) is 5.24. The molecule has 0 saturated heterocycles. The third-order valence-corrected chi connectivity index (χ3v) is 2.29. The van der Waals surface area contributed by atoms with Crippen LogP contribution in [-0.4, -0.2) is 4.98 Å². The summed E-state index contributed by atoms with van der Waals surface area (Å²) in [5.74, 6) is 5.91. The molecule has 0 aliphatic carbocycles. The van der Waals surface area contributed by atoms with Crippen LogP contribution in [0.1, 0.15) is 42.8 Å². The van der Waals surface area contributed by atoms with E-state index in [1.807, 2.05) is 20.8 Å². The van der Waals surface area contributed by atoms with Crippen molar-refractivity contribution in [3.63, 3.8) is 0 Å². The number of nitrogens with two attached hydrogens (primary N) is 1. The van der Waals surface area contributed by atoms with Crippen molar-refractivity contribution in [1.82, 2.24) is 4.98 Å². The van der Waals surface area contributed by atoms with Crippen LogP contribution in [-0.2, 0) is 0 Å². The van der Waals surface area contributed by atoms with Crippen LogP contribution in [0.15, 0.2) is 12.1 Å². The summed E-state index contributed by atoms with van der Waals surface area (Å²) in [6.07, 6.45) is 1.77. The van der Waals surface area contributed by atoms with E-state index in [9.17, 15) is 0 Å².